The molecule has 5 heteroatoms. The average molecular weight is 189 g/mol. The maximum absolute atomic E-state index is 11.3. The molecule has 70 valence electrons. The van der Waals surface area contributed by atoms with Crippen LogP contribution in [0.3, 0.4) is 0 Å². The summed E-state index contributed by atoms with van der Waals surface area (Å²) in [5.41, 5.74) is 0.726. The largest absolute Gasteiger partial charge is 0.301 e. The summed E-state index contributed by atoms with van der Waals surface area (Å²) in [7, 11) is 0. The van der Waals surface area contributed by atoms with Crippen LogP contribution in [-0.2, 0) is 11.3 Å². The summed E-state index contributed by atoms with van der Waals surface area (Å²) in [6.07, 6.45) is 3.41. The van der Waals surface area contributed by atoms with Gasteiger partial charge >= 0.3 is 0 Å². The minimum atomic E-state index is -0.316. The van der Waals surface area contributed by atoms with Crippen molar-refractivity contribution in [2.24, 2.45) is 0 Å². The fourth-order valence-corrected chi connectivity index (χ4v) is 1.25. The van der Waals surface area contributed by atoms with Gasteiger partial charge in [0.15, 0.2) is 5.65 Å². The topological polar surface area (TPSA) is 64.8 Å². The second-order valence-corrected chi connectivity index (χ2v) is 2.72. The molecule has 0 aliphatic carbocycles. The van der Waals surface area contributed by atoms with Gasteiger partial charge in [-0.3, -0.25) is 9.36 Å². The van der Waals surface area contributed by atoms with Gasteiger partial charge < -0.3 is 4.79 Å². The third-order valence-corrected chi connectivity index (χ3v) is 1.86. The Labute approximate surface area is 79.0 Å². The minimum absolute atomic E-state index is 0.00880. The highest BCUT2D eigenvalue weighted by Gasteiger charge is 2.02. The predicted molar refractivity (Wildman–Crippen MR) is 49.9 cm³/mol. The van der Waals surface area contributed by atoms with Crippen LogP contribution in [0.4, 0.5) is 0 Å². The quantitative estimate of drug-likeness (QED) is 0.623. The number of nitrogens with zero attached hydrogens (tertiary/aromatic N) is 3. The molecule has 0 saturated carbocycles. The molecule has 2 rings (SSSR count). The SMILES string of the molecule is O=CCn1c(=O)cnc2cccnc21. The molecule has 0 radical (unpaired) electrons. The van der Waals surface area contributed by atoms with Crippen LogP contribution in [-0.4, -0.2) is 20.8 Å². The van der Waals surface area contributed by atoms with Crippen molar-refractivity contribution < 1.29 is 4.79 Å². The fourth-order valence-electron chi connectivity index (χ4n) is 1.25. The molecular formula is C9H7N3O2. The number of rotatable bonds is 2. The van der Waals surface area contributed by atoms with Gasteiger partial charge in [-0.1, -0.05) is 0 Å². The first-order chi connectivity index (χ1) is 6.83. The molecule has 2 heterocycles. The van der Waals surface area contributed by atoms with Crippen LogP contribution in [0.1, 0.15) is 0 Å². The Morgan fingerprint density at radius 1 is 1.43 bits per heavy atom. The number of aldehydes is 1. The molecule has 0 aliphatic rings. The van der Waals surface area contributed by atoms with Gasteiger partial charge in [-0.15, -0.1) is 0 Å². The zero-order valence-corrected chi connectivity index (χ0v) is 7.25. The lowest BCUT2D eigenvalue weighted by Gasteiger charge is -2.03. The second-order valence-electron chi connectivity index (χ2n) is 2.72. The van der Waals surface area contributed by atoms with Crippen molar-refractivity contribution >= 4 is 17.5 Å². The van der Waals surface area contributed by atoms with E-state index in [1.807, 2.05) is 0 Å². The fraction of sp³-hybridized carbons (Fsp3) is 0.111. The number of aromatic nitrogens is 3. The molecule has 0 N–H and O–H groups in total. The standard InChI is InChI=1S/C9H7N3O2/c13-5-4-12-8(14)6-11-7-2-1-3-10-9(7)12/h1-3,5-6H,4H2. The Bertz CT molecular complexity index is 533. The van der Waals surface area contributed by atoms with Crippen molar-refractivity contribution in [2.45, 2.75) is 6.54 Å². The Hall–Kier alpha value is -2.04. The zero-order chi connectivity index (χ0) is 9.97. The number of carbonyl (C=O) groups excluding carboxylic acids is 1. The van der Waals surface area contributed by atoms with Crippen molar-refractivity contribution in [1.82, 2.24) is 14.5 Å². The van der Waals surface area contributed by atoms with Gasteiger partial charge in [0.2, 0.25) is 0 Å². The van der Waals surface area contributed by atoms with Crippen LogP contribution in [0.25, 0.3) is 11.2 Å². The number of hydrogen-bond donors (Lipinski definition) is 0. The Morgan fingerprint density at radius 3 is 3.07 bits per heavy atom. The van der Waals surface area contributed by atoms with Gasteiger partial charge in [-0.2, -0.15) is 0 Å². The Balaban J connectivity index is 2.82. The van der Waals surface area contributed by atoms with Crippen molar-refractivity contribution in [3.63, 3.8) is 0 Å². The van der Waals surface area contributed by atoms with E-state index in [0.29, 0.717) is 17.5 Å². The van der Waals surface area contributed by atoms with Crippen molar-refractivity contribution in [1.29, 1.82) is 0 Å². The summed E-state index contributed by atoms with van der Waals surface area (Å²) in [5, 5.41) is 0. The molecule has 2 aromatic rings. The van der Waals surface area contributed by atoms with Crippen molar-refractivity contribution in [2.75, 3.05) is 0 Å². The summed E-state index contributed by atoms with van der Waals surface area (Å²) >= 11 is 0. The summed E-state index contributed by atoms with van der Waals surface area (Å²) < 4.78 is 1.29. The lowest BCUT2D eigenvalue weighted by atomic mass is 10.4. The van der Waals surface area contributed by atoms with Gasteiger partial charge in [0, 0.05) is 6.20 Å². The predicted octanol–water partition coefficient (Wildman–Crippen LogP) is -0.00960. The molecule has 0 amide bonds. The normalized spacial score (nSPS) is 10.3. The Morgan fingerprint density at radius 2 is 2.29 bits per heavy atom. The first kappa shape index (κ1) is 8.55. The number of fused-ring (bicyclic) bond motifs is 1. The molecule has 0 saturated heterocycles. The molecule has 0 atom stereocenters. The lowest BCUT2D eigenvalue weighted by molar-refractivity contribution is -0.108. The molecule has 14 heavy (non-hydrogen) atoms. The minimum Gasteiger partial charge on any atom is -0.301 e. The van der Waals surface area contributed by atoms with E-state index in [1.165, 1.54) is 10.8 Å². The van der Waals surface area contributed by atoms with E-state index in [1.54, 1.807) is 18.3 Å². The highest BCUT2D eigenvalue weighted by atomic mass is 16.1. The van der Waals surface area contributed by atoms with Gasteiger partial charge in [-0.25, -0.2) is 9.97 Å². The number of carbonyl (C=O) groups is 1. The maximum Gasteiger partial charge on any atom is 0.271 e. The molecule has 0 unspecified atom stereocenters. The van der Waals surface area contributed by atoms with Gasteiger partial charge in [0.05, 0.1) is 12.7 Å². The van der Waals surface area contributed by atoms with Crippen LogP contribution in [0, 0.1) is 0 Å². The third-order valence-electron chi connectivity index (χ3n) is 1.86. The van der Waals surface area contributed by atoms with Crippen LogP contribution in [0.5, 0.6) is 0 Å². The molecule has 2 aromatic heterocycles. The van der Waals surface area contributed by atoms with E-state index in [4.69, 9.17) is 0 Å². The van der Waals surface area contributed by atoms with Gasteiger partial charge in [0.1, 0.15) is 11.8 Å². The van der Waals surface area contributed by atoms with Crippen molar-refractivity contribution in [3.05, 3.63) is 34.9 Å². The third kappa shape index (κ3) is 1.28. The number of pyridine rings is 1. The molecule has 0 fully saturated rings. The first-order valence-corrected chi connectivity index (χ1v) is 4.07. The highest BCUT2D eigenvalue weighted by molar-refractivity contribution is 5.70. The van der Waals surface area contributed by atoms with Gasteiger partial charge in [-0.05, 0) is 12.1 Å². The zero-order valence-electron chi connectivity index (χ0n) is 7.25. The summed E-state index contributed by atoms with van der Waals surface area (Å²) in [6.45, 7) is 0.00880. The Kier molecular flexibility index (Phi) is 2.06. The van der Waals surface area contributed by atoms with Crippen LogP contribution in [0.2, 0.25) is 0 Å². The first-order valence-electron chi connectivity index (χ1n) is 4.07. The summed E-state index contributed by atoms with van der Waals surface area (Å²) in [5.74, 6) is 0. The average Bonchev–Trinajstić information content (AvgIpc) is 2.23. The van der Waals surface area contributed by atoms with E-state index >= 15 is 0 Å². The van der Waals surface area contributed by atoms with E-state index < -0.39 is 0 Å². The van der Waals surface area contributed by atoms with E-state index in [0.717, 1.165) is 0 Å². The molecule has 0 aromatic carbocycles. The van der Waals surface area contributed by atoms with Gasteiger partial charge in [0.25, 0.3) is 5.56 Å². The molecule has 0 aliphatic heterocycles. The van der Waals surface area contributed by atoms with E-state index in [-0.39, 0.29) is 12.1 Å². The van der Waals surface area contributed by atoms with E-state index in [9.17, 15) is 9.59 Å². The lowest BCUT2D eigenvalue weighted by Crippen LogP contribution is -2.21. The summed E-state index contributed by atoms with van der Waals surface area (Å²) in [6, 6.07) is 3.47. The molecule has 5 nitrogen and oxygen atoms in total. The smallest absolute Gasteiger partial charge is 0.271 e. The maximum atomic E-state index is 11.3. The van der Waals surface area contributed by atoms with E-state index in [2.05, 4.69) is 9.97 Å². The molecule has 0 spiro atoms. The second kappa shape index (κ2) is 3.37. The number of hydrogen-bond acceptors (Lipinski definition) is 4. The summed E-state index contributed by atoms with van der Waals surface area (Å²) in [4.78, 5) is 29.6. The molecule has 0 bridgehead atoms. The van der Waals surface area contributed by atoms with Crippen LogP contribution < -0.4 is 5.56 Å². The highest BCUT2D eigenvalue weighted by Crippen LogP contribution is 2.03. The van der Waals surface area contributed by atoms with Crippen LogP contribution in [0.15, 0.2) is 29.3 Å². The molecular weight excluding hydrogens is 182 g/mol. The van der Waals surface area contributed by atoms with Crippen LogP contribution >= 0.6 is 0 Å². The monoisotopic (exact) mass is 189 g/mol. The van der Waals surface area contributed by atoms with Crippen molar-refractivity contribution in [3.8, 4) is 0 Å².